The summed E-state index contributed by atoms with van der Waals surface area (Å²) in [5.74, 6) is 0. The van der Waals surface area contributed by atoms with Gasteiger partial charge in [0.25, 0.3) is 0 Å². The Bertz CT molecular complexity index is 1340. The summed E-state index contributed by atoms with van der Waals surface area (Å²) >= 11 is 0. The summed E-state index contributed by atoms with van der Waals surface area (Å²) in [5, 5.41) is 3.94. The Kier molecular flexibility index (Phi) is 6.24. The predicted octanol–water partition coefficient (Wildman–Crippen LogP) is 6.59. The van der Waals surface area contributed by atoms with E-state index in [4.69, 9.17) is 0 Å². The molecule has 5 aromatic rings. The van der Waals surface area contributed by atoms with Crippen molar-refractivity contribution in [2.45, 2.75) is 0 Å². The zero-order valence-corrected chi connectivity index (χ0v) is 19.0. The van der Waals surface area contributed by atoms with Crippen molar-refractivity contribution in [2.24, 2.45) is 0 Å². The van der Waals surface area contributed by atoms with E-state index in [1.807, 2.05) is 30.3 Å². The van der Waals surface area contributed by atoms with Crippen LogP contribution in [-0.2, 0) is 0 Å². The van der Waals surface area contributed by atoms with Gasteiger partial charge in [-0.3, -0.25) is 4.79 Å². The third-order valence-corrected chi connectivity index (χ3v) is 8.27. The minimum Gasteiger partial charge on any atom is -0.298 e. The molecule has 0 unspecified atom stereocenters. The normalized spacial score (nSPS) is 10.8. The Morgan fingerprint density at radius 1 is 0.424 bits per heavy atom. The highest BCUT2D eigenvalue weighted by molar-refractivity contribution is 7.80. The number of carbonyl (C=O) groups excluding carboxylic acids is 1. The molecule has 0 saturated carbocycles. The van der Waals surface area contributed by atoms with Crippen LogP contribution in [0.15, 0.2) is 133 Å². The van der Waals surface area contributed by atoms with Crippen molar-refractivity contribution in [1.29, 1.82) is 0 Å². The summed E-state index contributed by atoms with van der Waals surface area (Å²) in [6.07, 6.45) is 0.943. The maximum atomic E-state index is 11.8. The minimum absolute atomic E-state index is 0.704. The first kappa shape index (κ1) is 21.1. The van der Waals surface area contributed by atoms with Crippen LogP contribution in [0.3, 0.4) is 0 Å². The van der Waals surface area contributed by atoms with Crippen molar-refractivity contribution in [2.75, 3.05) is 0 Å². The van der Waals surface area contributed by atoms with Crippen LogP contribution in [0.25, 0.3) is 22.3 Å². The predicted molar refractivity (Wildman–Crippen MR) is 141 cm³/mol. The van der Waals surface area contributed by atoms with Gasteiger partial charge in [-0.15, -0.1) is 0 Å². The number of carbonyl (C=O) groups is 1. The molecule has 0 aliphatic heterocycles. The molecule has 0 saturated heterocycles. The van der Waals surface area contributed by atoms with Gasteiger partial charge in [0.1, 0.15) is 0 Å². The van der Waals surface area contributed by atoms with E-state index in [-0.39, 0.29) is 0 Å². The lowest BCUT2D eigenvalue weighted by Crippen LogP contribution is -2.22. The van der Waals surface area contributed by atoms with Gasteiger partial charge in [0.15, 0.2) is 6.29 Å². The van der Waals surface area contributed by atoms with E-state index in [1.54, 1.807) is 0 Å². The molecule has 1 nitrogen and oxygen atoms in total. The fourth-order valence-electron chi connectivity index (χ4n) is 4.28. The second-order valence-corrected chi connectivity index (χ2v) is 9.96. The highest BCUT2D eigenvalue weighted by atomic mass is 31.1. The molecule has 2 heteroatoms. The standard InChI is InChI=1S/C31H23OP/c32-23-24-13-7-8-18-27(24)28-19-9-10-20-29(28)30-21-11-12-22-31(30)33(25-14-3-1-4-15-25)26-16-5-2-6-17-26/h1-23H. The Morgan fingerprint density at radius 2 is 0.848 bits per heavy atom. The average Bonchev–Trinajstić information content (AvgIpc) is 2.90. The number of hydrogen-bond donors (Lipinski definition) is 0. The molecule has 0 spiro atoms. The van der Waals surface area contributed by atoms with Crippen molar-refractivity contribution in [3.63, 3.8) is 0 Å². The Balaban J connectivity index is 1.75. The molecule has 0 aromatic heterocycles. The van der Waals surface area contributed by atoms with E-state index in [0.29, 0.717) is 5.56 Å². The first-order chi connectivity index (χ1) is 16.4. The molecule has 0 amide bonds. The molecular weight excluding hydrogens is 419 g/mol. The van der Waals surface area contributed by atoms with Gasteiger partial charge in [0, 0.05) is 5.56 Å². The first-order valence-electron chi connectivity index (χ1n) is 11.0. The van der Waals surface area contributed by atoms with Crippen LogP contribution in [0.5, 0.6) is 0 Å². The fourth-order valence-corrected chi connectivity index (χ4v) is 6.74. The summed E-state index contributed by atoms with van der Waals surface area (Å²) in [7, 11) is -0.753. The number of aldehydes is 1. The van der Waals surface area contributed by atoms with Crippen LogP contribution >= 0.6 is 7.92 Å². The summed E-state index contributed by atoms with van der Waals surface area (Å²) in [4.78, 5) is 11.8. The van der Waals surface area contributed by atoms with Crippen molar-refractivity contribution in [3.8, 4) is 22.3 Å². The topological polar surface area (TPSA) is 17.1 Å². The van der Waals surface area contributed by atoms with E-state index < -0.39 is 7.92 Å². The molecule has 0 aliphatic rings. The highest BCUT2D eigenvalue weighted by Crippen LogP contribution is 2.40. The number of rotatable bonds is 6. The van der Waals surface area contributed by atoms with E-state index >= 15 is 0 Å². The monoisotopic (exact) mass is 442 g/mol. The van der Waals surface area contributed by atoms with Gasteiger partial charge in [0.05, 0.1) is 0 Å². The Labute approximate surface area is 196 Å². The largest absolute Gasteiger partial charge is 0.298 e. The van der Waals surface area contributed by atoms with Crippen LogP contribution < -0.4 is 15.9 Å². The zero-order valence-electron chi connectivity index (χ0n) is 18.1. The molecule has 5 rings (SSSR count). The highest BCUT2D eigenvalue weighted by Gasteiger charge is 2.21. The molecule has 0 atom stereocenters. The van der Waals surface area contributed by atoms with Crippen molar-refractivity contribution in [3.05, 3.63) is 139 Å². The van der Waals surface area contributed by atoms with Gasteiger partial charge in [0.2, 0.25) is 0 Å². The molecule has 0 heterocycles. The SMILES string of the molecule is O=Cc1ccccc1-c1ccccc1-c1ccccc1P(c1ccccc1)c1ccccc1. The van der Waals surface area contributed by atoms with Gasteiger partial charge in [-0.05, 0) is 46.1 Å². The van der Waals surface area contributed by atoms with Gasteiger partial charge < -0.3 is 0 Å². The molecule has 0 bridgehead atoms. The molecule has 0 radical (unpaired) electrons. The zero-order chi connectivity index (χ0) is 22.5. The van der Waals surface area contributed by atoms with E-state index in [0.717, 1.165) is 23.0 Å². The molecule has 5 aromatic carbocycles. The maximum absolute atomic E-state index is 11.8. The molecule has 0 aliphatic carbocycles. The van der Waals surface area contributed by atoms with Crippen LogP contribution in [-0.4, -0.2) is 6.29 Å². The van der Waals surface area contributed by atoms with Crippen LogP contribution in [0.1, 0.15) is 10.4 Å². The molecule has 0 fully saturated rings. The Hall–Kier alpha value is -3.80. The second kappa shape index (κ2) is 9.77. The van der Waals surface area contributed by atoms with Crippen LogP contribution in [0.4, 0.5) is 0 Å². The van der Waals surface area contributed by atoms with Gasteiger partial charge in [-0.25, -0.2) is 0 Å². The lowest BCUT2D eigenvalue weighted by Gasteiger charge is -2.23. The minimum atomic E-state index is -0.753. The molecular formula is C31H23OP. The number of hydrogen-bond acceptors (Lipinski definition) is 1. The van der Waals surface area contributed by atoms with E-state index in [9.17, 15) is 4.79 Å². The van der Waals surface area contributed by atoms with Gasteiger partial charge in [-0.2, -0.15) is 0 Å². The molecule has 0 N–H and O–H groups in total. The third-order valence-electron chi connectivity index (χ3n) is 5.77. The van der Waals surface area contributed by atoms with Crippen LogP contribution in [0.2, 0.25) is 0 Å². The third kappa shape index (κ3) is 4.29. The summed E-state index contributed by atoms with van der Waals surface area (Å²) in [6, 6.07) is 46.4. The average molecular weight is 442 g/mol. The lowest BCUT2D eigenvalue weighted by atomic mass is 9.92. The van der Waals surface area contributed by atoms with Gasteiger partial charge >= 0.3 is 0 Å². The lowest BCUT2D eigenvalue weighted by molar-refractivity contribution is 0.112. The quantitative estimate of drug-likeness (QED) is 0.214. The molecule has 158 valence electrons. The summed E-state index contributed by atoms with van der Waals surface area (Å²) in [5.41, 5.74) is 5.08. The Morgan fingerprint density at radius 3 is 1.42 bits per heavy atom. The fraction of sp³-hybridized carbons (Fsp3) is 0. The van der Waals surface area contributed by atoms with Crippen molar-refractivity contribution in [1.82, 2.24) is 0 Å². The maximum Gasteiger partial charge on any atom is 0.150 e. The van der Waals surface area contributed by atoms with E-state index in [1.165, 1.54) is 21.5 Å². The smallest absolute Gasteiger partial charge is 0.150 e. The van der Waals surface area contributed by atoms with Crippen molar-refractivity contribution < 1.29 is 4.79 Å². The first-order valence-corrected chi connectivity index (χ1v) is 12.3. The summed E-state index contributed by atoms with van der Waals surface area (Å²) in [6.45, 7) is 0. The van der Waals surface area contributed by atoms with Crippen LogP contribution in [0, 0.1) is 0 Å². The number of benzene rings is 5. The van der Waals surface area contributed by atoms with Crippen molar-refractivity contribution >= 4 is 30.1 Å². The molecule has 33 heavy (non-hydrogen) atoms. The second-order valence-electron chi connectivity index (χ2n) is 7.77. The van der Waals surface area contributed by atoms with Gasteiger partial charge in [-0.1, -0.05) is 133 Å². The summed E-state index contributed by atoms with van der Waals surface area (Å²) < 4.78 is 0. The van der Waals surface area contributed by atoms with E-state index in [2.05, 4.69) is 103 Å².